The van der Waals surface area contributed by atoms with E-state index >= 15 is 0 Å². The van der Waals surface area contributed by atoms with Crippen molar-refractivity contribution in [3.8, 4) is 11.5 Å². The van der Waals surface area contributed by atoms with E-state index in [1.165, 1.54) is 5.19 Å². The van der Waals surface area contributed by atoms with Crippen LogP contribution >= 0.6 is 0 Å². The molecule has 1 saturated heterocycles. The molecule has 38 heavy (non-hydrogen) atoms. The van der Waals surface area contributed by atoms with Crippen LogP contribution < -0.4 is 19.6 Å². The Bertz CT molecular complexity index is 1300. The molecule has 0 bridgehead atoms. The molecular weight excluding hydrogens is 494 g/mol. The second-order valence-electron chi connectivity index (χ2n) is 10.9. The van der Waals surface area contributed by atoms with Gasteiger partial charge in [0.1, 0.15) is 11.5 Å². The predicted molar refractivity (Wildman–Crippen MR) is 152 cm³/mol. The van der Waals surface area contributed by atoms with Crippen LogP contribution in [-0.4, -0.2) is 46.0 Å². The minimum atomic E-state index is -2.20. The molecule has 7 heteroatoms. The van der Waals surface area contributed by atoms with Gasteiger partial charge in [-0.05, 0) is 47.9 Å². The summed E-state index contributed by atoms with van der Waals surface area (Å²) < 4.78 is 17.9. The van der Waals surface area contributed by atoms with Gasteiger partial charge in [-0.25, -0.2) is 0 Å². The number of aliphatic hydroxyl groups is 1. The summed E-state index contributed by atoms with van der Waals surface area (Å²) in [5, 5.41) is 11.3. The summed E-state index contributed by atoms with van der Waals surface area (Å²) in [7, 11) is 1.11. The second-order valence-corrected chi connectivity index (χ2v) is 15.6. The van der Waals surface area contributed by atoms with Gasteiger partial charge in [-0.15, -0.1) is 0 Å². The fourth-order valence-electron chi connectivity index (χ4n) is 6.74. The number of ether oxygens (including phenoxy) is 3. The Morgan fingerprint density at radius 3 is 2.26 bits per heavy atom. The van der Waals surface area contributed by atoms with E-state index < -0.39 is 13.7 Å². The molecule has 1 amide bonds. The summed E-state index contributed by atoms with van der Waals surface area (Å²) in [5.74, 6) is 1.37. The van der Waals surface area contributed by atoms with Crippen LogP contribution in [0.3, 0.4) is 0 Å². The first kappa shape index (κ1) is 26.5. The average Bonchev–Trinajstić information content (AvgIpc) is 3.36. The van der Waals surface area contributed by atoms with Gasteiger partial charge in [0.05, 0.1) is 40.6 Å². The molecule has 2 aliphatic heterocycles. The number of anilines is 1. The van der Waals surface area contributed by atoms with E-state index in [-0.39, 0.29) is 30.1 Å². The van der Waals surface area contributed by atoms with E-state index in [0.717, 1.165) is 22.6 Å². The van der Waals surface area contributed by atoms with E-state index in [4.69, 9.17) is 14.2 Å². The van der Waals surface area contributed by atoms with Crippen molar-refractivity contribution in [1.29, 1.82) is 0 Å². The Hall–Kier alpha value is -3.13. The SMILES string of the molecule is COc1ccc([Si](C)(C)[C@H]2[C@H](CCO)O[C@@]3(C(=O)N(Cc4ccccc4)c4ccc(OC)cc43)[C@@H]2C)cc1. The minimum absolute atomic E-state index is 0.00392. The number of benzene rings is 3. The number of amides is 1. The highest BCUT2D eigenvalue weighted by Gasteiger charge is 2.66. The fraction of sp³-hybridized carbons (Fsp3) is 0.387. The third-order valence-electron chi connectivity index (χ3n) is 8.64. The highest BCUT2D eigenvalue weighted by molar-refractivity contribution is 6.91. The zero-order valence-electron chi connectivity index (χ0n) is 22.8. The van der Waals surface area contributed by atoms with Gasteiger partial charge in [0.15, 0.2) is 5.60 Å². The van der Waals surface area contributed by atoms with E-state index in [1.807, 2.05) is 65.6 Å². The van der Waals surface area contributed by atoms with Gasteiger partial charge >= 0.3 is 0 Å². The highest BCUT2D eigenvalue weighted by Crippen LogP contribution is 2.60. The van der Waals surface area contributed by atoms with Crippen molar-refractivity contribution >= 4 is 24.9 Å². The molecular formula is C31H37NO5Si. The molecule has 200 valence electrons. The van der Waals surface area contributed by atoms with Crippen LogP contribution in [0, 0.1) is 5.92 Å². The molecule has 1 N–H and O–H groups in total. The van der Waals surface area contributed by atoms with Crippen molar-refractivity contribution < 1.29 is 24.1 Å². The quantitative estimate of drug-likeness (QED) is 0.421. The number of rotatable bonds is 8. The lowest BCUT2D eigenvalue weighted by Gasteiger charge is -2.37. The fourth-order valence-corrected chi connectivity index (χ4v) is 10.8. The number of methoxy groups -OCH3 is 2. The van der Waals surface area contributed by atoms with Gasteiger partial charge in [0.25, 0.3) is 5.91 Å². The van der Waals surface area contributed by atoms with Crippen molar-refractivity contribution in [1.82, 2.24) is 0 Å². The van der Waals surface area contributed by atoms with E-state index in [9.17, 15) is 9.90 Å². The summed E-state index contributed by atoms with van der Waals surface area (Å²) in [6.07, 6.45) is 0.229. The summed E-state index contributed by atoms with van der Waals surface area (Å²) >= 11 is 0. The van der Waals surface area contributed by atoms with Crippen LogP contribution in [0.25, 0.3) is 0 Å². The van der Waals surface area contributed by atoms with Crippen molar-refractivity contribution in [3.05, 3.63) is 83.9 Å². The van der Waals surface area contributed by atoms with E-state index in [2.05, 4.69) is 32.2 Å². The van der Waals surface area contributed by atoms with Gasteiger partial charge in [0, 0.05) is 18.1 Å². The Morgan fingerprint density at radius 2 is 1.63 bits per heavy atom. The number of nitrogens with zero attached hydrogens (tertiary/aromatic N) is 1. The highest BCUT2D eigenvalue weighted by atomic mass is 28.3. The number of carbonyl (C=O) groups excluding carboxylic acids is 1. The minimum Gasteiger partial charge on any atom is -0.497 e. The third kappa shape index (κ3) is 4.13. The lowest BCUT2D eigenvalue weighted by atomic mass is 9.82. The van der Waals surface area contributed by atoms with Crippen LogP contribution in [-0.2, 0) is 21.7 Å². The number of carbonyl (C=O) groups is 1. The maximum absolute atomic E-state index is 14.5. The lowest BCUT2D eigenvalue weighted by molar-refractivity contribution is -0.146. The van der Waals surface area contributed by atoms with Crippen molar-refractivity contribution in [2.45, 2.75) is 50.2 Å². The first-order valence-corrected chi connectivity index (χ1v) is 16.3. The smallest absolute Gasteiger partial charge is 0.264 e. The molecule has 1 fully saturated rings. The first-order valence-electron chi connectivity index (χ1n) is 13.3. The molecule has 6 nitrogen and oxygen atoms in total. The Balaban J connectivity index is 1.62. The van der Waals surface area contributed by atoms with Gasteiger partial charge in [-0.1, -0.05) is 67.7 Å². The summed E-state index contributed by atoms with van der Waals surface area (Å²) in [4.78, 5) is 16.4. The number of aliphatic hydroxyl groups excluding tert-OH is 1. The van der Waals surface area contributed by atoms with Crippen molar-refractivity contribution in [3.63, 3.8) is 0 Å². The summed E-state index contributed by atoms with van der Waals surface area (Å²) in [6, 6.07) is 24.2. The lowest BCUT2D eigenvalue weighted by Crippen LogP contribution is -2.51. The maximum atomic E-state index is 14.5. The Morgan fingerprint density at radius 1 is 0.974 bits per heavy atom. The largest absolute Gasteiger partial charge is 0.497 e. The molecule has 0 aliphatic carbocycles. The van der Waals surface area contributed by atoms with Gasteiger partial charge in [0.2, 0.25) is 0 Å². The molecule has 0 unspecified atom stereocenters. The van der Waals surface area contributed by atoms with Crippen LogP contribution in [0.5, 0.6) is 11.5 Å². The van der Waals surface area contributed by atoms with E-state index in [0.29, 0.717) is 18.7 Å². The third-order valence-corrected chi connectivity index (χ3v) is 13.0. The molecule has 2 heterocycles. The molecule has 0 saturated carbocycles. The number of hydrogen-bond donors (Lipinski definition) is 1. The van der Waals surface area contributed by atoms with Crippen LogP contribution in [0.2, 0.25) is 18.6 Å². The zero-order valence-corrected chi connectivity index (χ0v) is 23.8. The molecule has 5 rings (SSSR count). The van der Waals surface area contributed by atoms with E-state index in [1.54, 1.807) is 14.2 Å². The maximum Gasteiger partial charge on any atom is 0.264 e. The van der Waals surface area contributed by atoms with Crippen LogP contribution in [0.15, 0.2) is 72.8 Å². The molecule has 2 aliphatic rings. The normalized spacial score (nSPS) is 24.6. The number of fused-ring (bicyclic) bond motifs is 2. The monoisotopic (exact) mass is 531 g/mol. The summed E-state index contributed by atoms with van der Waals surface area (Å²) in [5.41, 5.74) is 1.73. The molecule has 0 aromatic heterocycles. The van der Waals surface area contributed by atoms with Crippen molar-refractivity contribution in [2.75, 3.05) is 25.7 Å². The standard InChI is InChI=1S/C31H37NO5Si/c1-21-29(38(4,5)25-14-11-23(35-2)12-15-25)28(17-18-33)37-31(21)26-19-24(36-3)13-16-27(26)32(30(31)34)20-22-9-7-6-8-10-22/h6-16,19,21,28-29,33H,17-18,20H2,1-5H3/t21-,28+,29-,31+/m1/s1. The Kier molecular flexibility index (Phi) is 7.11. The zero-order chi connectivity index (χ0) is 27.1. The second kappa shape index (κ2) is 10.2. The van der Waals surface area contributed by atoms with Gasteiger partial charge < -0.3 is 24.2 Å². The molecule has 3 aromatic rings. The number of hydrogen-bond acceptors (Lipinski definition) is 5. The molecule has 1 spiro atoms. The molecule has 4 atom stereocenters. The Labute approximate surface area is 226 Å². The predicted octanol–water partition coefficient (Wildman–Crippen LogP) is 4.85. The molecule has 0 radical (unpaired) electrons. The topological polar surface area (TPSA) is 68.2 Å². The first-order chi connectivity index (χ1) is 18.3. The average molecular weight is 532 g/mol. The van der Waals surface area contributed by atoms with Gasteiger partial charge in [-0.2, -0.15) is 0 Å². The van der Waals surface area contributed by atoms with Gasteiger partial charge in [-0.3, -0.25) is 4.79 Å². The van der Waals surface area contributed by atoms with Crippen LogP contribution in [0.4, 0.5) is 5.69 Å². The van der Waals surface area contributed by atoms with Crippen LogP contribution in [0.1, 0.15) is 24.5 Å². The summed E-state index contributed by atoms with van der Waals surface area (Å²) in [6.45, 7) is 7.32. The molecule has 3 aromatic carbocycles. The van der Waals surface area contributed by atoms with Crippen molar-refractivity contribution in [2.24, 2.45) is 5.92 Å².